The molecule has 0 atom stereocenters. The molecule has 3 aromatic rings. The van der Waals surface area contributed by atoms with Crippen LogP contribution in [0.1, 0.15) is 43.0 Å². The number of halogens is 1. The number of rotatable bonds is 12. The van der Waals surface area contributed by atoms with Gasteiger partial charge in [0.05, 0.1) is 13.2 Å². The largest absolute Gasteiger partial charge is 0.367 e. The summed E-state index contributed by atoms with van der Waals surface area (Å²) in [5.41, 5.74) is 3.13. The second-order valence-corrected chi connectivity index (χ2v) is 7.75. The molecule has 5 heteroatoms. The van der Waals surface area contributed by atoms with Gasteiger partial charge in [-0.1, -0.05) is 62.2 Å². The van der Waals surface area contributed by atoms with Crippen molar-refractivity contribution in [2.45, 2.75) is 45.9 Å². The molecule has 1 aromatic heterocycles. The van der Waals surface area contributed by atoms with E-state index in [1.807, 2.05) is 53.6 Å². The highest BCUT2D eigenvalue weighted by molar-refractivity contribution is 5.77. The molecule has 1 amide bonds. The van der Waals surface area contributed by atoms with E-state index in [0.717, 1.165) is 36.1 Å². The molecule has 0 saturated carbocycles. The quantitative estimate of drug-likeness (QED) is 0.366. The molecule has 4 nitrogen and oxygen atoms in total. The fourth-order valence-electron chi connectivity index (χ4n) is 3.50. The first-order valence-electron chi connectivity index (χ1n) is 10.9. The number of benzene rings is 2. The first kappa shape index (κ1) is 22.8. The number of unbranched alkanes of at least 4 members (excludes halogenated alkanes) is 2. The summed E-state index contributed by atoms with van der Waals surface area (Å²) in [6, 6.07) is 20.4. The minimum Gasteiger partial charge on any atom is -0.367 e. The van der Waals surface area contributed by atoms with E-state index < -0.39 is 0 Å². The predicted molar refractivity (Wildman–Crippen MR) is 121 cm³/mol. The van der Waals surface area contributed by atoms with Crippen molar-refractivity contribution >= 4 is 5.91 Å². The zero-order valence-electron chi connectivity index (χ0n) is 18.2. The van der Waals surface area contributed by atoms with E-state index in [2.05, 4.69) is 11.5 Å². The van der Waals surface area contributed by atoms with E-state index in [9.17, 15) is 9.18 Å². The van der Waals surface area contributed by atoms with Crippen molar-refractivity contribution in [3.63, 3.8) is 0 Å². The Morgan fingerprint density at radius 2 is 1.74 bits per heavy atom. The Labute approximate surface area is 184 Å². The van der Waals surface area contributed by atoms with Crippen LogP contribution in [0.2, 0.25) is 0 Å². The van der Waals surface area contributed by atoms with Gasteiger partial charge in [-0.25, -0.2) is 4.39 Å². The molecule has 164 valence electrons. The molecule has 0 aliphatic heterocycles. The number of hydrogen-bond donors (Lipinski definition) is 0. The van der Waals surface area contributed by atoms with Gasteiger partial charge in [0.1, 0.15) is 12.4 Å². The maximum absolute atomic E-state index is 13.2. The second kappa shape index (κ2) is 12.1. The lowest BCUT2D eigenvalue weighted by atomic mass is 10.2. The first-order valence-corrected chi connectivity index (χ1v) is 10.9. The van der Waals surface area contributed by atoms with E-state index >= 15 is 0 Å². The van der Waals surface area contributed by atoms with Crippen molar-refractivity contribution in [2.24, 2.45) is 0 Å². The molecule has 0 bridgehead atoms. The first-order chi connectivity index (χ1) is 15.2. The van der Waals surface area contributed by atoms with Gasteiger partial charge in [-0.15, -0.1) is 0 Å². The molecule has 0 N–H and O–H groups in total. The van der Waals surface area contributed by atoms with Crippen LogP contribution in [-0.4, -0.2) is 28.5 Å². The molecule has 0 spiro atoms. The van der Waals surface area contributed by atoms with Crippen LogP contribution in [0.3, 0.4) is 0 Å². The fourth-order valence-corrected chi connectivity index (χ4v) is 3.50. The summed E-state index contributed by atoms with van der Waals surface area (Å²) < 4.78 is 21.0. The van der Waals surface area contributed by atoms with Gasteiger partial charge < -0.3 is 14.2 Å². The Hall–Kier alpha value is -2.92. The molecule has 0 unspecified atom stereocenters. The predicted octanol–water partition coefficient (Wildman–Crippen LogP) is 5.41. The topological polar surface area (TPSA) is 34.5 Å². The van der Waals surface area contributed by atoms with Crippen LogP contribution < -0.4 is 0 Å². The smallest absolute Gasteiger partial charge is 0.248 e. The van der Waals surface area contributed by atoms with Crippen molar-refractivity contribution in [1.82, 2.24) is 9.47 Å². The highest BCUT2D eigenvalue weighted by Gasteiger charge is 2.16. The van der Waals surface area contributed by atoms with Gasteiger partial charge in [-0.3, -0.25) is 4.79 Å². The van der Waals surface area contributed by atoms with Crippen LogP contribution in [0.5, 0.6) is 0 Å². The van der Waals surface area contributed by atoms with Crippen molar-refractivity contribution in [3.8, 4) is 0 Å². The molecular formula is C26H31FN2O2. The number of carbonyl (C=O) groups excluding carboxylic acids is 1. The monoisotopic (exact) mass is 422 g/mol. The number of ether oxygens (including phenoxy) is 1. The Bertz CT molecular complexity index is 922. The minimum absolute atomic E-state index is 0.00145. The van der Waals surface area contributed by atoms with Gasteiger partial charge >= 0.3 is 0 Å². The molecule has 0 aliphatic carbocycles. The molecule has 0 radical (unpaired) electrons. The molecule has 1 heterocycles. The van der Waals surface area contributed by atoms with Gasteiger partial charge in [0.15, 0.2) is 0 Å². The zero-order valence-corrected chi connectivity index (χ0v) is 18.2. The van der Waals surface area contributed by atoms with Crippen LogP contribution in [0.25, 0.3) is 0 Å². The van der Waals surface area contributed by atoms with Crippen molar-refractivity contribution < 1.29 is 13.9 Å². The van der Waals surface area contributed by atoms with E-state index in [1.165, 1.54) is 12.1 Å². The van der Waals surface area contributed by atoms with Crippen molar-refractivity contribution in [2.75, 3.05) is 13.2 Å². The summed E-state index contributed by atoms with van der Waals surface area (Å²) >= 11 is 0. The number of nitrogens with zero attached hydrogens (tertiary/aromatic N) is 2. The summed E-state index contributed by atoms with van der Waals surface area (Å²) in [5, 5.41) is 0. The van der Waals surface area contributed by atoms with Gasteiger partial charge in [0.25, 0.3) is 0 Å². The Kier molecular flexibility index (Phi) is 8.85. The SMILES string of the molecule is CCCCCN(Cc1cccn1Cc1ccc(F)cc1)C(=O)COCc1ccccc1. The van der Waals surface area contributed by atoms with Crippen LogP contribution in [0.4, 0.5) is 4.39 Å². The molecular weight excluding hydrogens is 391 g/mol. The number of amides is 1. The van der Waals surface area contributed by atoms with Crippen LogP contribution in [-0.2, 0) is 29.2 Å². The number of carbonyl (C=O) groups is 1. The third-order valence-electron chi connectivity index (χ3n) is 5.26. The second-order valence-electron chi connectivity index (χ2n) is 7.75. The average Bonchev–Trinajstić information content (AvgIpc) is 3.22. The summed E-state index contributed by atoms with van der Waals surface area (Å²) in [4.78, 5) is 14.8. The average molecular weight is 423 g/mol. The molecule has 31 heavy (non-hydrogen) atoms. The minimum atomic E-state index is -0.236. The Morgan fingerprint density at radius 3 is 2.48 bits per heavy atom. The third kappa shape index (κ3) is 7.37. The van der Waals surface area contributed by atoms with Crippen molar-refractivity contribution in [3.05, 3.63) is 95.6 Å². The lowest BCUT2D eigenvalue weighted by Crippen LogP contribution is -2.35. The van der Waals surface area contributed by atoms with Gasteiger partial charge in [0.2, 0.25) is 5.91 Å². The number of hydrogen-bond acceptors (Lipinski definition) is 2. The highest BCUT2D eigenvalue weighted by Crippen LogP contribution is 2.13. The van der Waals surface area contributed by atoms with Gasteiger partial charge in [-0.05, 0) is 41.8 Å². The molecule has 2 aromatic carbocycles. The lowest BCUT2D eigenvalue weighted by Gasteiger charge is -2.24. The standard InChI is InChI=1S/C26H31FN2O2/c1-2-3-7-16-29(26(30)21-31-20-23-9-5-4-6-10-23)19-25-11-8-17-28(25)18-22-12-14-24(27)15-13-22/h4-6,8-15,17H,2-3,7,16,18-21H2,1H3. The summed E-state index contributed by atoms with van der Waals surface area (Å²) in [6.07, 6.45) is 5.16. The Morgan fingerprint density at radius 1 is 0.968 bits per heavy atom. The fraction of sp³-hybridized carbons (Fsp3) is 0.346. The number of aromatic nitrogens is 1. The van der Waals surface area contributed by atoms with E-state index in [4.69, 9.17) is 4.74 Å². The van der Waals surface area contributed by atoms with Gasteiger partial charge in [0, 0.05) is 25.0 Å². The van der Waals surface area contributed by atoms with E-state index in [1.54, 1.807) is 12.1 Å². The van der Waals surface area contributed by atoms with Crippen LogP contribution in [0.15, 0.2) is 72.9 Å². The van der Waals surface area contributed by atoms with Crippen LogP contribution in [0, 0.1) is 5.82 Å². The Balaban J connectivity index is 1.61. The molecule has 0 saturated heterocycles. The highest BCUT2D eigenvalue weighted by atomic mass is 19.1. The summed E-state index contributed by atoms with van der Waals surface area (Å²) in [5.74, 6) is -0.235. The van der Waals surface area contributed by atoms with E-state index in [-0.39, 0.29) is 18.3 Å². The van der Waals surface area contributed by atoms with E-state index in [0.29, 0.717) is 26.2 Å². The van der Waals surface area contributed by atoms with Gasteiger partial charge in [-0.2, -0.15) is 0 Å². The summed E-state index contributed by atoms with van der Waals surface area (Å²) in [6.45, 7) is 4.54. The zero-order chi connectivity index (χ0) is 21.9. The third-order valence-corrected chi connectivity index (χ3v) is 5.26. The lowest BCUT2D eigenvalue weighted by molar-refractivity contribution is -0.137. The molecule has 3 rings (SSSR count). The maximum atomic E-state index is 13.2. The maximum Gasteiger partial charge on any atom is 0.248 e. The van der Waals surface area contributed by atoms with Crippen molar-refractivity contribution in [1.29, 1.82) is 0 Å². The molecule has 0 aliphatic rings. The normalized spacial score (nSPS) is 10.9. The molecule has 0 fully saturated rings. The van der Waals surface area contributed by atoms with Crippen LogP contribution >= 0.6 is 0 Å². The summed E-state index contributed by atoms with van der Waals surface area (Å²) in [7, 11) is 0.